The van der Waals surface area contributed by atoms with Crippen LogP contribution in [0.3, 0.4) is 0 Å². The highest BCUT2D eigenvalue weighted by atomic mass is 16.5. The summed E-state index contributed by atoms with van der Waals surface area (Å²) in [5, 5.41) is 3.67. The summed E-state index contributed by atoms with van der Waals surface area (Å²) in [6.45, 7) is 6.27. The van der Waals surface area contributed by atoms with Gasteiger partial charge in [0.25, 0.3) is 0 Å². The first-order chi connectivity index (χ1) is 10.5. The number of nitrogens with zero attached hydrogens (tertiary/aromatic N) is 2. The number of hydrogen-bond donors (Lipinski definition) is 1. The lowest BCUT2D eigenvalue weighted by Gasteiger charge is -2.46. The number of benzene rings is 1. The van der Waals surface area contributed by atoms with Crippen molar-refractivity contribution in [2.45, 2.75) is 31.3 Å². The SMILES string of the molecule is C[C@@H](COc1ccccc1)NCC1(N(C)C)CCN(C)CC1. The molecule has 1 aliphatic rings. The Hall–Kier alpha value is -1.10. The van der Waals surface area contributed by atoms with Crippen molar-refractivity contribution in [3.05, 3.63) is 30.3 Å². The lowest BCUT2D eigenvalue weighted by Crippen LogP contribution is -2.58. The number of nitrogens with one attached hydrogen (secondary N) is 1. The van der Waals surface area contributed by atoms with Gasteiger partial charge < -0.3 is 19.9 Å². The van der Waals surface area contributed by atoms with Crippen molar-refractivity contribution >= 4 is 0 Å². The standard InChI is InChI=1S/C18H31N3O/c1-16(14-22-17-8-6-5-7-9-17)19-15-18(20(2)3)10-12-21(4)13-11-18/h5-9,16,19H,10-15H2,1-4H3/t16-/m0/s1. The number of para-hydroxylation sites is 1. The number of hydrogen-bond acceptors (Lipinski definition) is 4. The van der Waals surface area contributed by atoms with Crippen LogP contribution in [0.4, 0.5) is 0 Å². The van der Waals surface area contributed by atoms with Crippen molar-refractivity contribution in [1.82, 2.24) is 15.1 Å². The monoisotopic (exact) mass is 305 g/mol. The zero-order chi connectivity index (χ0) is 16.0. The number of ether oxygens (including phenoxy) is 1. The van der Waals surface area contributed by atoms with E-state index in [4.69, 9.17) is 4.74 Å². The topological polar surface area (TPSA) is 27.7 Å². The Kier molecular flexibility index (Phi) is 6.24. The van der Waals surface area contributed by atoms with Crippen LogP contribution in [0.1, 0.15) is 19.8 Å². The Labute approximate surface area is 135 Å². The van der Waals surface area contributed by atoms with E-state index in [0.29, 0.717) is 12.6 Å². The first kappa shape index (κ1) is 17.3. The molecule has 0 unspecified atom stereocenters. The molecule has 1 aromatic rings. The van der Waals surface area contributed by atoms with Gasteiger partial charge in [-0.05, 0) is 66.1 Å². The molecule has 1 saturated heterocycles. The molecule has 0 aromatic heterocycles. The van der Waals surface area contributed by atoms with E-state index in [-0.39, 0.29) is 5.54 Å². The highest BCUT2D eigenvalue weighted by Crippen LogP contribution is 2.26. The van der Waals surface area contributed by atoms with Crippen LogP contribution in [0.25, 0.3) is 0 Å². The Morgan fingerprint density at radius 1 is 1.23 bits per heavy atom. The quantitative estimate of drug-likeness (QED) is 0.834. The third-order valence-electron chi connectivity index (χ3n) is 4.89. The second-order valence-electron chi connectivity index (χ2n) is 6.83. The summed E-state index contributed by atoms with van der Waals surface area (Å²) < 4.78 is 5.83. The highest BCUT2D eigenvalue weighted by Gasteiger charge is 2.35. The molecule has 1 aliphatic heterocycles. The van der Waals surface area contributed by atoms with Crippen LogP contribution in [-0.4, -0.2) is 68.8 Å². The third kappa shape index (κ3) is 4.70. The fourth-order valence-corrected chi connectivity index (χ4v) is 2.98. The summed E-state index contributed by atoms with van der Waals surface area (Å²) in [6.07, 6.45) is 2.44. The van der Waals surface area contributed by atoms with Crippen molar-refractivity contribution in [1.29, 1.82) is 0 Å². The molecule has 0 aliphatic carbocycles. The summed E-state index contributed by atoms with van der Waals surface area (Å²) in [5.74, 6) is 0.942. The van der Waals surface area contributed by atoms with Gasteiger partial charge in [-0.25, -0.2) is 0 Å². The number of likely N-dealkylation sites (tertiary alicyclic amines) is 1. The van der Waals surface area contributed by atoms with E-state index in [1.807, 2.05) is 30.3 Å². The molecule has 0 saturated carbocycles. The molecular formula is C18H31N3O. The normalized spacial score (nSPS) is 20.0. The van der Waals surface area contributed by atoms with Crippen molar-refractivity contribution in [3.63, 3.8) is 0 Å². The lowest BCUT2D eigenvalue weighted by atomic mass is 9.86. The summed E-state index contributed by atoms with van der Waals surface area (Å²) in [6, 6.07) is 10.4. The first-order valence-electron chi connectivity index (χ1n) is 8.29. The molecule has 0 radical (unpaired) electrons. The van der Waals surface area contributed by atoms with Gasteiger partial charge in [-0.2, -0.15) is 0 Å². The van der Waals surface area contributed by atoms with E-state index in [0.717, 1.165) is 12.3 Å². The molecule has 1 N–H and O–H groups in total. The maximum absolute atomic E-state index is 5.83. The van der Waals surface area contributed by atoms with Gasteiger partial charge in [0, 0.05) is 18.1 Å². The maximum atomic E-state index is 5.83. The van der Waals surface area contributed by atoms with Gasteiger partial charge in [0.2, 0.25) is 0 Å². The van der Waals surface area contributed by atoms with Crippen molar-refractivity contribution < 1.29 is 4.74 Å². The second-order valence-corrected chi connectivity index (χ2v) is 6.83. The third-order valence-corrected chi connectivity index (χ3v) is 4.89. The van der Waals surface area contributed by atoms with Gasteiger partial charge in [-0.1, -0.05) is 18.2 Å². The number of piperidine rings is 1. The van der Waals surface area contributed by atoms with Crippen LogP contribution < -0.4 is 10.1 Å². The Morgan fingerprint density at radius 3 is 2.45 bits per heavy atom. The van der Waals surface area contributed by atoms with Gasteiger partial charge >= 0.3 is 0 Å². The molecule has 4 nitrogen and oxygen atoms in total. The average molecular weight is 305 g/mol. The van der Waals surface area contributed by atoms with Crippen LogP contribution in [-0.2, 0) is 0 Å². The summed E-state index contributed by atoms with van der Waals surface area (Å²) in [4.78, 5) is 4.82. The molecule has 0 amide bonds. The van der Waals surface area contributed by atoms with E-state index in [1.165, 1.54) is 25.9 Å². The summed E-state index contributed by atoms with van der Waals surface area (Å²) in [7, 11) is 6.62. The lowest BCUT2D eigenvalue weighted by molar-refractivity contribution is 0.0622. The van der Waals surface area contributed by atoms with E-state index >= 15 is 0 Å². The first-order valence-corrected chi connectivity index (χ1v) is 8.29. The molecule has 4 heteroatoms. The van der Waals surface area contributed by atoms with Crippen molar-refractivity contribution in [2.24, 2.45) is 0 Å². The minimum Gasteiger partial charge on any atom is -0.492 e. The molecular weight excluding hydrogens is 274 g/mol. The molecule has 0 spiro atoms. The van der Waals surface area contributed by atoms with Crippen LogP contribution >= 0.6 is 0 Å². The molecule has 1 aromatic carbocycles. The average Bonchev–Trinajstić information content (AvgIpc) is 2.53. The Morgan fingerprint density at radius 2 is 1.86 bits per heavy atom. The Bertz CT molecular complexity index is 427. The zero-order valence-electron chi connectivity index (χ0n) is 14.5. The van der Waals surface area contributed by atoms with Gasteiger partial charge in [-0.3, -0.25) is 0 Å². The van der Waals surface area contributed by atoms with Crippen LogP contribution in [0.15, 0.2) is 30.3 Å². The molecule has 0 bridgehead atoms. The molecule has 22 heavy (non-hydrogen) atoms. The van der Waals surface area contributed by atoms with E-state index in [2.05, 4.69) is 43.2 Å². The summed E-state index contributed by atoms with van der Waals surface area (Å²) in [5.41, 5.74) is 0.271. The minimum atomic E-state index is 0.271. The van der Waals surface area contributed by atoms with E-state index in [1.54, 1.807) is 0 Å². The van der Waals surface area contributed by atoms with Crippen LogP contribution in [0.5, 0.6) is 5.75 Å². The fourth-order valence-electron chi connectivity index (χ4n) is 2.98. The van der Waals surface area contributed by atoms with Crippen molar-refractivity contribution in [2.75, 3.05) is 47.4 Å². The predicted octanol–water partition coefficient (Wildman–Crippen LogP) is 2.07. The van der Waals surface area contributed by atoms with Gasteiger partial charge in [0.1, 0.15) is 12.4 Å². The van der Waals surface area contributed by atoms with E-state index in [9.17, 15) is 0 Å². The fraction of sp³-hybridized carbons (Fsp3) is 0.667. The summed E-state index contributed by atoms with van der Waals surface area (Å²) >= 11 is 0. The number of likely N-dealkylation sites (N-methyl/N-ethyl adjacent to an activating group) is 1. The number of rotatable bonds is 7. The largest absolute Gasteiger partial charge is 0.492 e. The molecule has 1 atom stereocenters. The van der Waals surface area contributed by atoms with Gasteiger partial charge in [-0.15, -0.1) is 0 Å². The molecule has 2 rings (SSSR count). The molecule has 1 heterocycles. The second kappa shape index (κ2) is 7.95. The molecule has 124 valence electrons. The minimum absolute atomic E-state index is 0.271. The zero-order valence-corrected chi connectivity index (χ0v) is 14.5. The van der Waals surface area contributed by atoms with Crippen molar-refractivity contribution in [3.8, 4) is 5.75 Å². The highest BCUT2D eigenvalue weighted by molar-refractivity contribution is 5.20. The smallest absolute Gasteiger partial charge is 0.119 e. The van der Waals surface area contributed by atoms with E-state index < -0.39 is 0 Å². The van der Waals surface area contributed by atoms with Crippen LogP contribution in [0, 0.1) is 0 Å². The van der Waals surface area contributed by atoms with Gasteiger partial charge in [0.05, 0.1) is 0 Å². The molecule has 1 fully saturated rings. The van der Waals surface area contributed by atoms with Crippen LogP contribution in [0.2, 0.25) is 0 Å². The Balaban J connectivity index is 1.79. The predicted molar refractivity (Wildman–Crippen MR) is 92.6 cm³/mol. The maximum Gasteiger partial charge on any atom is 0.119 e. The van der Waals surface area contributed by atoms with Gasteiger partial charge in [0.15, 0.2) is 0 Å².